The van der Waals surface area contributed by atoms with Gasteiger partial charge < -0.3 is 9.68 Å². The van der Waals surface area contributed by atoms with Crippen molar-refractivity contribution >= 4 is 29.3 Å². The summed E-state index contributed by atoms with van der Waals surface area (Å²) in [6.45, 7) is 3.84. The number of carbonyl (C=O) groups is 1. The molecular formula is C20H18BNO3. The molecule has 1 aromatic heterocycles. The summed E-state index contributed by atoms with van der Waals surface area (Å²) < 4.78 is 5.57. The summed E-state index contributed by atoms with van der Waals surface area (Å²) in [5, 5.41) is 11.1. The highest BCUT2D eigenvalue weighted by molar-refractivity contribution is 6.62. The Morgan fingerprint density at radius 3 is 2.80 bits per heavy atom. The van der Waals surface area contributed by atoms with Crippen LogP contribution in [0.3, 0.4) is 0 Å². The van der Waals surface area contributed by atoms with Gasteiger partial charge in [0.15, 0.2) is 5.78 Å². The van der Waals surface area contributed by atoms with Gasteiger partial charge in [0.05, 0.1) is 11.1 Å². The van der Waals surface area contributed by atoms with Crippen molar-refractivity contribution in [3.63, 3.8) is 0 Å². The summed E-state index contributed by atoms with van der Waals surface area (Å²) in [5.41, 5.74) is 3.29. The molecular weight excluding hydrogens is 313 g/mol. The number of Topliss-reactive ketones (excluding diaryl/α,β-unsaturated/α-hetero) is 1. The van der Waals surface area contributed by atoms with Crippen LogP contribution in [0, 0.1) is 0 Å². The lowest BCUT2D eigenvalue weighted by Gasteiger charge is -2.19. The topological polar surface area (TPSA) is 59.4 Å². The molecule has 4 nitrogen and oxygen atoms in total. The summed E-state index contributed by atoms with van der Waals surface area (Å²) in [5.74, 6) is -0.0432. The molecule has 1 N–H and O–H groups in total. The molecule has 0 saturated carbocycles. The summed E-state index contributed by atoms with van der Waals surface area (Å²) in [6, 6.07) is 17.1. The van der Waals surface area contributed by atoms with Crippen LogP contribution in [0.1, 0.15) is 35.5 Å². The van der Waals surface area contributed by atoms with Gasteiger partial charge in [-0.2, -0.15) is 0 Å². The number of ketones is 1. The number of aromatic nitrogens is 1. The van der Waals surface area contributed by atoms with Crippen molar-refractivity contribution in [1.82, 2.24) is 4.98 Å². The lowest BCUT2D eigenvalue weighted by molar-refractivity contribution is 0.0987. The SMILES string of the molecule is CC1(C)OB(O)c2cc(CC(=O)c3ccc4ccccc4n3)ccc21. The second kappa shape index (κ2) is 5.79. The Bertz CT molecular complexity index is 984. The molecule has 2 aromatic carbocycles. The van der Waals surface area contributed by atoms with E-state index in [1.165, 1.54) is 0 Å². The highest BCUT2D eigenvalue weighted by Crippen LogP contribution is 2.30. The maximum absolute atomic E-state index is 12.6. The van der Waals surface area contributed by atoms with Crippen molar-refractivity contribution in [3.8, 4) is 0 Å². The van der Waals surface area contributed by atoms with E-state index in [4.69, 9.17) is 4.65 Å². The molecule has 0 aliphatic carbocycles. The molecule has 1 aliphatic rings. The van der Waals surface area contributed by atoms with E-state index in [9.17, 15) is 9.82 Å². The third-order valence-corrected chi connectivity index (χ3v) is 4.69. The molecule has 124 valence electrons. The first-order valence-corrected chi connectivity index (χ1v) is 8.32. The molecule has 0 amide bonds. The first-order valence-electron chi connectivity index (χ1n) is 8.32. The van der Waals surface area contributed by atoms with Crippen LogP contribution in [-0.4, -0.2) is 22.9 Å². The van der Waals surface area contributed by atoms with Crippen LogP contribution in [-0.2, 0) is 16.7 Å². The predicted molar refractivity (Wildman–Crippen MR) is 97.9 cm³/mol. The van der Waals surface area contributed by atoms with E-state index in [0.29, 0.717) is 5.69 Å². The van der Waals surface area contributed by atoms with E-state index in [1.54, 1.807) is 6.07 Å². The van der Waals surface area contributed by atoms with E-state index >= 15 is 0 Å². The zero-order valence-corrected chi connectivity index (χ0v) is 14.2. The third kappa shape index (κ3) is 2.86. The van der Waals surface area contributed by atoms with Crippen LogP contribution < -0.4 is 5.46 Å². The van der Waals surface area contributed by atoms with Gasteiger partial charge in [-0.25, -0.2) is 4.98 Å². The van der Waals surface area contributed by atoms with Gasteiger partial charge in [-0.3, -0.25) is 4.79 Å². The summed E-state index contributed by atoms with van der Waals surface area (Å²) in [6.07, 6.45) is 0.242. The second-order valence-electron chi connectivity index (χ2n) is 6.89. The maximum Gasteiger partial charge on any atom is 0.492 e. The van der Waals surface area contributed by atoms with E-state index in [0.717, 1.165) is 27.5 Å². The van der Waals surface area contributed by atoms with Gasteiger partial charge in [0.2, 0.25) is 0 Å². The molecule has 2 heterocycles. The van der Waals surface area contributed by atoms with Crippen LogP contribution in [0.15, 0.2) is 54.6 Å². The molecule has 1 aliphatic heterocycles. The smallest absolute Gasteiger partial charge is 0.423 e. The van der Waals surface area contributed by atoms with Crippen molar-refractivity contribution in [1.29, 1.82) is 0 Å². The van der Waals surface area contributed by atoms with Crippen LogP contribution in [0.5, 0.6) is 0 Å². The average Bonchev–Trinajstić information content (AvgIpc) is 2.83. The molecule has 0 radical (unpaired) electrons. The molecule has 5 heteroatoms. The summed E-state index contributed by atoms with van der Waals surface area (Å²) >= 11 is 0. The maximum atomic E-state index is 12.6. The lowest BCUT2D eigenvalue weighted by atomic mass is 9.77. The van der Waals surface area contributed by atoms with E-state index in [1.807, 2.05) is 62.4 Å². The molecule has 0 fully saturated rings. The Hall–Kier alpha value is -2.50. The Kier molecular flexibility index (Phi) is 3.71. The molecule has 0 bridgehead atoms. The van der Waals surface area contributed by atoms with Gasteiger partial charge in [0, 0.05) is 11.8 Å². The number of para-hydroxylation sites is 1. The van der Waals surface area contributed by atoms with Crippen LogP contribution in [0.25, 0.3) is 10.9 Å². The number of hydrogen-bond acceptors (Lipinski definition) is 4. The molecule has 25 heavy (non-hydrogen) atoms. The van der Waals surface area contributed by atoms with Gasteiger partial charge in [-0.15, -0.1) is 0 Å². The highest BCUT2D eigenvalue weighted by atomic mass is 16.5. The van der Waals surface area contributed by atoms with E-state index in [-0.39, 0.29) is 12.2 Å². The quantitative estimate of drug-likeness (QED) is 0.592. The third-order valence-electron chi connectivity index (χ3n) is 4.69. The largest absolute Gasteiger partial charge is 0.492 e. The summed E-state index contributed by atoms with van der Waals surface area (Å²) in [7, 11) is -0.946. The Labute approximate surface area is 146 Å². The number of benzene rings is 2. The predicted octanol–water partition coefficient (Wildman–Crippen LogP) is 2.61. The Morgan fingerprint density at radius 1 is 1.16 bits per heavy atom. The zero-order chi connectivity index (χ0) is 17.6. The van der Waals surface area contributed by atoms with Crippen molar-refractivity contribution in [2.45, 2.75) is 25.9 Å². The van der Waals surface area contributed by atoms with Gasteiger partial charge in [-0.05, 0) is 42.6 Å². The van der Waals surface area contributed by atoms with Gasteiger partial charge in [0.25, 0.3) is 0 Å². The van der Waals surface area contributed by atoms with Gasteiger partial charge in [0.1, 0.15) is 5.69 Å². The zero-order valence-electron chi connectivity index (χ0n) is 14.2. The minimum atomic E-state index is -0.946. The lowest BCUT2D eigenvalue weighted by Crippen LogP contribution is -2.29. The van der Waals surface area contributed by atoms with Crippen LogP contribution >= 0.6 is 0 Å². The minimum absolute atomic E-state index is 0.0432. The minimum Gasteiger partial charge on any atom is -0.423 e. The number of carbonyl (C=O) groups excluding carboxylic acids is 1. The second-order valence-corrected chi connectivity index (χ2v) is 6.89. The number of hydrogen-bond donors (Lipinski definition) is 1. The monoisotopic (exact) mass is 331 g/mol. The molecule has 0 saturated heterocycles. The molecule has 0 unspecified atom stereocenters. The van der Waals surface area contributed by atoms with Crippen molar-refractivity contribution < 1.29 is 14.5 Å². The van der Waals surface area contributed by atoms with Crippen molar-refractivity contribution in [2.75, 3.05) is 0 Å². The number of pyridine rings is 1. The number of nitrogens with zero attached hydrogens (tertiary/aromatic N) is 1. The number of rotatable bonds is 3. The van der Waals surface area contributed by atoms with E-state index in [2.05, 4.69) is 4.98 Å². The first kappa shape index (κ1) is 16.0. The molecule has 4 rings (SSSR count). The first-order chi connectivity index (χ1) is 11.9. The average molecular weight is 331 g/mol. The standard InChI is InChI=1S/C20H18BNO3/c1-20(2)15-9-7-13(11-16(15)21(24)25-20)12-19(23)18-10-8-14-5-3-4-6-17(14)22-18/h3-11,24H,12H2,1-2H3. The summed E-state index contributed by atoms with van der Waals surface area (Å²) in [4.78, 5) is 17.1. The van der Waals surface area contributed by atoms with Crippen molar-refractivity contribution in [3.05, 3.63) is 71.4 Å². The van der Waals surface area contributed by atoms with Crippen molar-refractivity contribution in [2.24, 2.45) is 0 Å². The fourth-order valence-corrected chi connectivity index (χ4v) is 3.38. The Balaban J connectivity index is 1.61. The van der Waals surface area contributed by atoms with E-state index < -0.39 is 12.7 Å². The van der Waals surface area contributed by atoms with Gasteiger partial charge >= 0.3 is 7.12 Å². The van der Waals surface area contributed by atoms with Gasteiger partial charge in [-0.1, -0.05) is 42.5 Å². The number of fused-ring (bicyclic) bond motifs is 2. The van der Waals surface area contributed by atoms with Crippen LogP contribution in [0.4, 0.5) is 0 Å². The fourth-order valence-electron chi connectivity index (χ4n) is 3.38. The molecule has 0 atom stereocenters. The Morgan fingerprint density at radius 2 is 1.96 bits per heavy atom. The fraction of sp³-hybridized carbons (Fsp3) is 0.200. The van der Waals surface area contributed by atoms with Crippen LogP contribution in [0.2, 0.25) is 0 Å². The molecule has 3 aromatic rings. The molecule has 0 spiro atoms. The normalized spacial score (nSPS) is 15.4. The highest BCUT2D eigenvalue weighted by Gasteiger charge is 2.40.